The zero-order chi connectivity index (χ0) is 14.7. The highest BCUT2D eigenvalue weighted by Crippen LogP contribution is 2.33. The van der Waals surface area contributed by atoms with Crippen LogP contribution in [-0.4, -0.2) is 25.7 Å². The van der Waals surface area contributed by atoms with Crippen molar-refractivity contribution in [2.45, 2.75) is 45.6 Å². The average Bonchev–Trinajstić information content (AvgIpc) is 2.96. The Morgan fingerprint density at radius 1 is 1.40 bits per heavy atom. The first-order valence-electron chi connectivity index (χ1n) is 7.23. The maximum Gasteiger partial charge on any atom is 0.338 e. The molecule has 1 aliphatic carbocycles. The molecule has 0 unspecified atom stereocenters. The second kappa shape index (κ2) is 6.49. The van der Waals surface area contributed by atoms with Crippen LogP contribution in [-0.2, 0) is 4.74 Å². The van der Waals surface area contributed by atoms with E-state index in [0.29, 0.717) is 16.6 Å². The summed E-state index contributed by atoms with van der Waals surface area (Å²) in [6, 6.07) is 4.21. The van der Waals surface area contributed by atoms with Gasteiger partial charge in [0.15, 0.2) is 0 Å². The van der Waals surface area contributed by atoms with Crippen LogP contribution >= 0.6 is 11.6 Å². The van der Waals surface area contributed by atoms with Crippen LogP contribution in [0.15, 0.2) is 12.1 Å². The van der Waals surface area contributed by atoms with Gasteiger partial charge in [-0.05, 0) is 44.4 Å². The van der Waals surface area contributed by atoms with Crippen molar-refractivity contribution in [2.75, 3.05) is 18.6 Å². The molecule has 0 N–H and O–H groups in total. The fraction of sp³-hybridized carbons (Fsp3) is 0.562. The Morgan fingerprint density at radius 3 is 2.60 bits per heavy atom. The lowest BCUT2D eigenvalue weighted by atomic mass is 10.0. The number of carbonyl (C=O) groups is 1. The molecule has 0 atom stereocenters. The molecule has 0 spiro atoms. The molecular weight excluding hydrogens is 274 g/mol. The van der Waals surface area contributed by atoms with Gasteiger partial charge in [0.1, 0.15) is 0 Å². The highest BCUT2D eigenvalue weighted by atomic mass is 35.5. The molecule has 110 valence electrons. The van der Waals surface area contributed by atoms with Crippen molar-refractivity contribution in [3.63, 3.8) is 0 Å². The summed E-state index contributed by atoms with van der Waals surface area (Å²) < 4.78 is 4.85. The third-order valence-electron chi connectivity index (χ3n) is 4.17. The summed E-state index contributed by atoms with van der Waals surface area (Å²) in [6.45, 7) is 5.04. The standard InChI is InChI=1S/C16H22ClNO2/c1-4-18(13-7-5-6-8-13)15-10-12(17)9-14(11(15)2)16(19)20-3/h9-10,13H,4-8H2,1-3H3. The van der Waals surface area contributed by atoms with Crippen LogP contribution in [0.1, 0.15) is 48.5 Å². The fourth-order valence-electron chi connectivity index (χ4n) is 3.13. The van der Waals surface area contributed by atoms with Crippen molar-refractivity contribution in [2.24, 2.45) is 0 Å². The van der Waals surface area contributed by atoms with Crippen molar-refractivity contribution in [3.8, 4) is 0 Å². The number of nitrogens with zero attached hydrogens (tertiary/aromatic N) is 1. The van der Waals surface area contributed by atoms with Gasteiger partial charge in [-0.15, -0.1) is 0 Å². The molecule has 2 rings (SSSR count). The Bertz CT molecular complexity index is 495. The first-order chi connectivity index (χ1) is 9.58. The van der Waals surface area contributed by atoms with E-state index in [2.05, 4.69) is 11.8 Å². The van der Waals surface area contributed by atoms with Gasteiger partial charge in [-0.3, -0.25) is 0 Å². The summed E-state index contributed by atoms with van der Waals surface area (Å²) in [4.78, 5) is 14.2. The van der Waals surface area contributed by atoms with E-state index in [-0.39, 0.29) is 5.97 Å². The van der Waals surface area contributed by atoms with Gasteiger partial charge < -0.3 is 9.64 Å². The summed E-state index contributed by atoms with van der Waals surface area (Å²) >= 11 is 6.20. The second-order valence-corrected chi connectivity index (χ2v) is 5.75. The summed E-state index contributed by atoms with van der Waals surface area (Å²) in [7, 11) is 1.40. The van der Waals surface area contributed by atoms with Gasteiger partial charge in [0, 0.05) is 23.3 Å². The minimum Gasteiger partial charge on any atom is -0.465 e. The molecule has 0 heterocycles. The molecule has 0 saturated heterocycles. The molecule has 1 saturated carbocycles. The predicted octanol–water partition coefficient (Wildman–Crippen LogP) is 4.20. The Labute approximate surface area is 125 Å². The van der Waals surface area contributed by atoms with E-state index in [1.54, 1.807) is 6.07 Å². The number of rotatable bonds is 4. The van der Waals surface area contributed by atoms with E-state index in [4.69, 9.17) is 16.3 Å². The van der Waals surface area contributed by atoms with Crippen LogP contribution in [0, 0.1) is 6.92 Å². The number of halogens is 1. The first-order valence-corrected chi connectivity index (χ1v) is 7.61. The number of methoxy groups -OCH3 is 1. The number of hydrogen-bond acceptors (Lipinski definition) is 3. The van der Waals surface area contributed by atoms with E-state index in [1.165, 1.54) is 32.8 Å². The van der Waals surface area contributed by atoms with Gasteiger partial charge in [0.05, 0.1) is 12.7 Å². The summed E-state index contributed by atoms with van der Waals surface area (Å²) in [5, 5.41) is 0.586. The van der Waals surface area contributed by atoms with Crippen molar-refractivity contribution >= 4 is 23.3 Å². The fourth-order valence-corrected chi connectivity index (χ4v) is 3.34. The van der Waals surface area contributed by atoms with Crippen LogP contribution in [0.2, 0.25) is 5.02 Å². The maximum absolute atomic E-state index is 11.9. The SMILES string of the molecule is CCN(c1cc(Cl)cc(C(=O)OC)c1C)C1CCCC1. The molecule has 0 bridgehead atoms. The van der Waals surface area contributed by atoms with Crippen LogP contribution in [0.3, 0.4) is 0 Å². The molecule has 1 aromatic rings. The third-order valence-corrected chi connectivity index (χ3v) is 4.38. The van der Waals surface area contributed by atoms with Gasteiger partial charge in [0.25, 0.3) is 0 Å². The second-order valence-electron chi connectivity index (χ2n) is 5.31. The third kappa shape index (κ3) is 2.93. The number of hydrogen-bond donors (Lipinski definition) is 0. The van der Waals surface area contributed by atoms with E-state index < -0.39 is 0 Å². The lowest BCUT2D eigenvalue weighted by Gasteiger charge is -2.32. The molecule has 0 aliphatic heterocycles. The number of carbonyl (C=O) groups excluding carboxylic acids is 1. The average molecular weight is 296 g/mol. The van der Waals surface area contributed by atoms with E-state index in [9.17, 15) is 4.79 Å². The van der Waals surface area contributed by atoms with Crippen LogP contribution in [0.25, 0.3) is 0 Å². The maximum atomic E-state index is 11.9. The van der Waals surface area contributed by atoms with E-state index in [1.807, 2.05) is 13.0 Å². The zero-order valence-corrected chi connectivity index (χ0v) is 13.2. The lowest BCUT2D eigenvalue weighted by Crippen LogP contribution is -2.33. The van der Waals surface area contributed by atoms with Crippen LogP contribution in [0.5, 0.6) is 0 Å². The molecule has 0 aromatic heterocycles. The van der Waals surface area contributed by atoms with Crippen molar-refractivity contribution in [1.29, 1.82) is 0 Å². The number of esters is 1. The topological polar surface area (TPSA) is 29.5 Å². The van der Waals surface area contributed by atoms with Crippen LogP contribution < -0.4 is 4.90 Å². The van der Waals surface area contributed by atoms with Crippen molar-refractivity contribution < 1.29 is 9.53 Å². The highest BCUT2D eigenvalue weighted by molar-refractivity contribution is 6.31. The molecule has 20 heavy (non-hydrogen) atoms. The summed E-state index contributed by atoms with van der Waals surface area (Å²) in [5.41, 5.74) is 2.58. The Kier molecular flexibility index (Phi) is 4.92. The van der Waals surface area contributed by atoms with Gasteiger partial charge in [-0.1, -0.05) is 24.4 Å². The molecular formula is C16H22ClNO2. The zero-order valence-electron chi connectivity index (χ0n) is 12.4. The monoisotopic (exact) mass is 295 g/mol. The number of ether oxygens (including phenoxy) is 1. The number of anilines is 1. The minimum absolute atomic E-state index is 0.325. The lowest BCUT2D eigenvalue weighted by molar-refractivity contribution is 0.0600. The van der Waals surface area contributed by atoms with Gasteiger partial charge in [0.2, 0.25) is 0 Å². The molecule has 4 heteroatoms. The molecule has 1 aromatic carbocycles. The highest BCUT2D eigenvalue weighted by Gasteiger charge is 2.25. The Morgan fingerprint density at radius 2 is 2.05 bits per heavy atom. The normalized spacial score (nSPS) is 15.4. The Hall–Kier alpha value is -1.22. The molecule has 0 radical (unpaired) electrons. The largest absolute Gasteiger partial charge is 0.465 e. The quantitative estimate of drug-likeness (QED) is 0.780. The summed E-state index contributed by atoms with van der Waals surface area (Å²) in [6.07, 6.45) is 5.00. The van der Waals surface area contributed by atoms with Crippen molar-refractivity contribution in [1.82, 2.24) is 0 Å². The van der Waals surface area contributed by atoms with Gasteiger partial charge in [-0.25, -0.2) is 4.79 Å². The Balaban J connectivity index is 2.43. The molecule has 0 amide bonds. The van der Waals surface area contributed by atoms with Crippen LogP contribution in [0.4, 0.5) is 5.69 Å². The van der Waals surface area contributed by atoms with Gasteiger partial charge in [-0.2, -0.15) is 0 Å². The van der Waals surface area contributed by atoms with E-state index >= 15 is 0 Å². The smallest absolute Gasteiger partial charge is 0.338 e. The van der Waals surface area contributed by atoms with Crippen molar-refractivity contribution in [3.05, 3.63) is 28.3 Å². The molecule has 1 aliphatic rings. The molecule has 1 fully saturated rings. The molecule has 3 nitrogen and oxygen atoms in total. The summed E-state index contributed by atoms with van der Waals surface area (Å²) in [5.74, 6) is -0.325. The predicted molar refractivity (Wildman–Crippen MR) is 82.8 cm³/mol. The minimum atomic E-state index is -0.325. The van der Waals surface area contributed by atoms with Gasteiger partial charge >= 0.3 is 5.97 Å². The van der Waals surface area contributed by atoms with E-state index in [0.717, 1.165) is 17.8 Å². The first kappa shape index (κ1) is 15.2. The number of benzene rings is 1.